The Labute approximate surface area is 220 Å². The molecular weight excluding hydrogens is 535 g/mol. The quantitative estimate of drug-likeness (QED) is 0.374. The highest BCUT2D eigenvalue weighted by Gasteiger charge is 2.37. The molecule has 0 unspecified atom stereocenters. The Balaban J connectivity index is 1.81. The summed E-state index contributed by atoms with van der Waals surface area (Å²) in [6.45, 7) is 0.282. The molecule has 5 rings (SSSR count). The van der Waals surface area contributed by atoms with E-state index < -0.39 is 43.7 Å². The van der Waals surface area contributed by atoms with E-state index in [0.29, 0.717) is 12.8 Å². The minimum Gasteiger partial charge on any atom is -0.382 e. The van der Waals surface area contributed by atoms with Gasteiger partial charge in [-0.25, -0.2) is 13.4 Å². The summed E-state index contributed by atoms with van der Waals surface area (Å²) >= 11 is 0. The van der Waals surface area contributed by atoms with E-state index in [1.165, 1.54) is 12.1 Å². The molecule has 0 saturated carbocycles. The molecule has 3 heterocycles. The van der Waals surface area contributed by atoms with Crippen molar-refractivity contribution in [2.24, 2.45) is 0 Å². The monoisotopic (exact) mass is 555 g/mol. The maximum Gasteiger partial charge on any atom is 0.417 e. The standard InChI is InChI=1S/C25H20F3N7O3S/c1-39(37,38)24-32-20(30)15(13-29)21(33-24)34-12-6-11-18(34)22-31-17-10-5-9-16(25(26,27)28)19(17)23(36)35(22)14-7-3-2-4-8-14/h2-5,7-10,18H,6,11-12H2,1H3,(H2,30,32,33)/t18-/m0/s1. The summed E-state index contributed by atoms with van der Waals surface area (Å²) in [6.07, 6.45) is -2.99. The molecule has 2 aromatic heterocycles. The van der Waals surface area contributed by atoms with Crippen LogP contribution in [0, 0.1) is 11.3 Å². The molecule has 1 saturated heterocycles. The number of anilines is 2. The number of nitriles is 1. The molecule has 2 N–H and O–H groups in total. The molecule has 0 aliphatic carbocycles. The summed E-state index contributed by atoms with van der Waals surface area (Å²) in [7, 11) is -3.91. The summed E-state index contributed by atoms with van der Waals surface area (Å²) in [5.74, 6) is -0.293. The first-order valence-electron chi connectivity index (χ1n) is 11.6. The first-order chi connectivity index (χ1) is 18.4. The van der Waals surface area contributed by atoms with Crippen LogP contribution >= 0.6 is 0 Å². The number of nitrogen functional groups attached to an aromatic ring is 1. The molecule has 1 aliphatic rings. The molecule has 4 aromatic rings. The molecule has 10 nitrogen and oxygen atoms in total. The lowest BCUT2D eigenvalue weighted by molar-refractivity contribution is -0.136. The normalized spacial score (nSPS) is 16.0. The molecule has 2 aromatic carbocycles. The van der Waals surface area contributed by atoms with Crippen LogP contribution in [-0.2, 0) is 16.0 Å². The lowest BCUT2D eigenvalue weighted by Gasteiger charge is -2.28. The number of hydrogen-bond donors (Lipinski definition) is 1. The molecule has 39 heavy (non-hydrogen) atoms. The van der Waals surface area contributed by atoms with Gasteiger partial charge in [-0.15, -0.1) is 0 Å². The molecule has 1 atom stereocenters. The number of hydrogen-bond acceptors (Lipinski definition) is 9. The third-order valence-corrected chi connectivity index (χ3v) is 7.25. The molecular formula is C25H20F3N7O3S. The van der Waals surface area contributed by atoms with E-state index in [4.69, 9.17) is 5.73 Å². The highest BCUT2D eigenvalue weighted by atomic mass is 32.2. The third kappa shape index (κ3) is 4.54. The Morgan fingerprint density at radius 3 is 2.44 bits per heavy atom. The number of para-hydroxylation sites is 1. The molecule has 1 fully saturated rings. The van der Waals surface area contributed by atoms with Crippen LogP contribution in [0.5, 0.6) is 0 Å². The Hall–Kier alpha value is -4.51. The topological polar surface area (TPSA) is 148 Å². The molecule has 14 heteroatoms. The molecule has 1 aliphatic heterocycles. The SMILES string of the molecule is CS(=O)(=O)c1nc(N)c(C#N)c(N2CCC[C@H]2c2nc3cccc(C(F)(F)F)c3c(=O)n2-c2ccccc2)n1. The van der Waals surface area contributed by atoms with Gasteiger partial charge < -0.3 is 10.6 Å². The first-order valence-corrected chi connectivity index (χ1v) is 13.5. The number of rotatable bonds is 4. The largest absolute Gasteiger partial charge is 0.417 e. The summed E-state index contributed by atoms with van der Waals surface area (Å²) in [6, 6.07) is 12.6. The van der Waals surface area contributed by atoms with Gasteiger partial charge in [0.25, 0.3) is 10.7 Å². The van der Waals surface area contributed by atoms with Gasteiger partial charge in [0.2, 0.25) is 9.84 Å². The van der Waals surface area contributed by atoms with Gasteiger partial charge in [-0.05, 0) is 37.1 Å². The second-order valence-corrected chi connectivity index (χ2v) is 10.9. The smallest absolute Gasteiger partial charge is 0.382 e. The van der Waals surface area contributed by atoms with Crippen molar-refractivity contribution in [3.05, 3.63) is 75.8 Å². The van der Waals surface area contributed by atoms with Crippen molar-refractivity contribution < 1.29 is 21.6 Å². The van der Waals surface area contributed by atoms with Gasteiger partial charge in [-0.1, -0.05) is 24.3 Å². The Morgan fingerprint density at radius 2 is 1.79 bits per heavy atom. The van der Waals surface area contributed by atoms with E-state index in [9.17, 15) is 31.6 Å². The average Bonchev–Trinajstić information content (AvgIpc) is 3.37. The number of fused-ring (bicyclic) bond motifs is 1. The zero-order chi connectivity index (χ0) is 28.1. The van der Waals surface area contributed by atoms with Gasteiger partial charge in [-0.3, -0.25) is 9.36 Å². The van der Waals surface area contributed by atoms with Crippen LogP contribution in [0.25, 0.3) is 16.6 Å². The van der Waals surface area contributed by atoms with Crippen LogP contribution in [0.3, 0.4) is 0 Å². The van der Waals surface area contributed by atoms with Crippen molar-refractivity contribution in [1.29, 1.82) is 5.26 Å². The van der Waals surface area contributed by atoms with E-state index in [1.807, 2.05) is 6.07 Å². The fourth-order valence-electron chi connectivity index (χ4n) is 4.75. The van der Waals surface area contributed by atoms with Crippen LogP contribution < -0.4 is 16.2 Å². The molecule has 200 valence electrons. The highest BCUT2D eigenvalue weighted by molar-refractivity contribution is 7.90. The number of benzene rings is 2. The number of halogens is 3. The van der Waals surface area contributed by atoms with Crippen molar-refractivity contribution in [1.82, 2.24) is 19.5 Å². The van der Waals surface area contributed by atoms with Gasteiger partial charge in [0.1, 0.15) is 23.3 Å². The van der Waals surface area contributed by atoms with Crippen LogP contribution in [0.15, 0.2) is 58.5 Å². The van der Waals surface area contributed by atoms with Crippen LogP contribution in [0.4, 0.5) is 24.8 Å². The summed E-state index contributed by atoms with van der Waals surface area (Å²) in [4.78, 5) is 27.8. The van der Waals surface area contributed by atoms with Gasteiger partial charge >= 0.3 is 6.18 Å². The van der Waals surface area contributed by atoms with Gasteiger partial charge in [0.05, 0.1) is 28.2 Å². The van der Waals surface area contributed by atoms with Crippen LogP contribution in [-0.4, -0.2) is 40.7 Å². The minimum absolute atomic E-state index is 0.0640. The molecule has 0 amide bonds. The van der Waals surface area contributed by atoms with Crippen molar-refractivity contribution >= 4 is 32.4 Å². The van der Waals surface area contributed by atoms with Gasteiger partial charge in [-0.2, -0.15) is 28.4 Å². The maximum absolute atomic E-state index is 13.9. The second kappa shape index (κ2) is 9.35. The summed E-state index contributed by atoms with van der Waals surface area (Å²) in [5, 5.41) is 8.61. The Kier molecular flexibility index (Phi) is 6.26. The first kappa shape index (κ1) is 26.1. The number of nitrogens with two attached hydrogens (primary N) is 1. The lowest BCUT2D eigenvalue weighted by atomic mass is 10.1. The van der Waals surface area contributed by atoms with Crippen molar-refractivity contribution in [3.8, 4) is 11.8 Å². The minimum atomic E-state index is -4.79. The van der Waals surface area contributed by atoms with Gasteiger partial charge in [0, 0.05) is 12.8 Å². The Morgan fingerprint density at radius 1 is 1.08 bits per heavy atom. The van der Waals surface area contributed by atoms with Crippen molar-refractivity contribution in [2.45, 2.75) is 30.2 Å². The summed E-state index contributed by atoms with van der Waals surface area (Å²) < 4.78 is 67.2. The molecule has 0 bridgehead atoms. The molecule has 0 spiro atoms. The van der Waals surface area contributed by atoms with Crippen LogP contribution in [0.2, 0.25) is 0 Å². The fraction of sp³-hybridized carbons (Fsp3) is 0.240. The van der Waals surface area contributed by atoms with E-state index >= 15 is 0 Å². The van der Waals surface area contributed by atoms with Gasteiger partial charge in [0.15, 0.2) is 5.82 Å². The third-order valence-electron chi connectivity index (χ3n) is 6.41. The Bertz CT molecular complexity index is 1820. The summed E-state index contributed by atoms with van der Waals surface area (Å²) in [5.41, 5.74) is 3.87. The van der Waals surface area contributed by atoms with E-state index in [-0.39, 0.29) is 40.8 Å². The second-order valence-electron chi connectivity index (χ2n) is 8.97. The zero-order valence-corrected chi connectivity index (χ0v) is 21.2. The van der Waals surface area contributed by atoms with Crippen molar-refractivity contribution in [2.75, 3.05) is 23.4 Å². The number of nitrogens with zero attached hydrogens (tertiary/aromatic N) is 6. The zero-order valence-electron chi connectivity index (χ0n) is 20.3. The fourth-order valence-corrected chi connectivity index (χ4v) is 5.26. The lowest BCUT2D eigenvalue weighted by Crippen LogP contribution is -2.33. The maximum atomic E-state index is 13.9. The predicted octanol–water partition coefficient (Wildman–Crippen LogP) is 3.39. The van der Waals surface area contributed by atoms with Crippen molar-refractivity contribution in [3.63, 3.8) is 0 Å². The van der Waals surface area contributed by atoms with E-state index in [2.05, 4.69) is 15.0 Å². The molecule has 0 radical (unpaired) electrons. The number of sulfone groups is 1. The highest BCUT2D eigenvalue weighted by Crippen LogP contribution is 2.39. The number of aromatic nitrogens is 4. The van der Waals surface area contributed by atoms with Crippen LogP contribution in [0.1, 0.15) is 35.8 Å². The van der Waals surface area contributed by atoms with E-state index in [1.54, 1.807) is 35.2 Å². The number of alkyl halides is 3. The van der Waals surface area contributed by atoms with E-state index in [0.717, 1.165) is 16.9 Å². The average molecular weight is 556 g/mol. The predicted molar refractivity (Wildman–Crippen MR) is 136 cm³/mol.